The first-order valence-electron chi connectivity index (χ1n) is 6.79. The lowest BCUT2D eigenvalue weighted by atomic mass is 10.1. The van der Waals surface area contributed by atoms with Crippen LogP contribution in [0.4, 0.5) is 10.1 Å². The number of anilines is 1. The van der Waals surface area contributed by atoms with E-state index in [1.165, 1.54) is 12.3 Å². The van der Waals surface area contributed by atoms with Crippen LogP contribution < -0.4 is 4.90 Å². The second kappa shape index (κ2) is 5.22. The normalized spacial score (nSPS) is 19.9. The summed E-state index contributed by atoms with van der Waals surface area (Å²) in [5.41, 5.74) is 1.90. The monoisotopic (exact) mass is 309 g/mol. The van der Waals surface area contributed by atoms with Crippen LogP contribution >= 0.6 is 0 Å². The number of sulfone groups is 1. The van der Waals surface area contributed by atoms with Gasteiger partial charge in [-0.25, -0.2) is 17.8 Å². The maximum absolute atomic E-state index is 13.2. The Morgan fingerprint density at radius 3 is 2.95 bits per heavy atom. The number of nitrogens with zero attached hydrogens (tertiary/aromatic N) is 3. The summed E-state index contributed by atoms with van der Waals surface area (Å²) in [5.74, 6) is -0.431. The van der Waals surface area contributed by atoms with Crippen LogP contribution in [-0.4, -0.2) is 43.0 Å². The van der Waals surface area contributed by atoms with Crippen molar-refractivity contribution < 1.29 is 12.8 Å². The first-order chi connectivity index (χ1) is 9.95. The van der Waals surface area contributed by atoms with Crippen molar-refractivity contribution in [2.75, 3.05) is 24.2 Å². The zero-order chi connectivity index (χ0) is 15.0. The maximum atomic E-state index is 13.2. The number of pyridine rings is 2. The summed E-state index contributed by atoms with van der Waals surface area (Å²) < 4.78 is 36.8. The van der Waals surface area contributed by atoms with Crippen molar-refractivity contribution >= 4 is 26.6 Å². The third kappa shape index (κ3) is 2.83. The van der Waals surface area contributed by atoms with Crippen molar-refractivity contribution in [3.05, 3.63) is 30.3 Å². The molecule has 1 fully saturated rings. The molecule has 7 heteroatoms. The van der Waals surface area contributed by atoms with Crippen LogP contribution in [0.15, 0.2) is 24.5 Å². The lowest BCUT2D eigenvalue weighted by molar-refractivity contribution is 0.536. The van der Waals surface area contributed by atoms with Gasteiger partial charge in [-0.1, -0.05) is 0 Å². The number of aromatic nitrogens is 2. The summed E-state index contributed by atoms with van der Waals surface area (Å²) in [7, 11) is -3.06. The summed E-state index contributed by atoms with van der Waals surface area (Å²) in [6, 6.07) is 3.14. The zero-order valence-corrected chi connectivity index (χ0v) is 12.5. The lowest BCUT2D eigenvalue weighted by Gasteiger charge is -2.33. The van der Waals surface area contributed by atoms with E-state index in [1.807, 2.05) is 4.90 Å². The van der Waals surface area contributed by atoms with Crippen molar-refractivity contribution in [1.29, 1.82) is 0 Å². The standard InChI is InChI=1S/C14H16FN3O2S/c1-21(19,20)11-3-2-6-18(9-11)13-4-5-16-12-7-10(15)8-17-14(12)13/h4-5,7-8,11H,2-3,6,9H2,1H3. The van der Waals surface area contributed by atoms with Gasteiger partial charge in [-0.15, -0.1) is 0 Å². The first kappa shape index (κ1) is 14.2. The molecule has 3 rings (SSSR count). The molecule has 2 aromatic rings. The van der Waals surface area contributed by atoms with E-state index in [1.54, 1.807) is 12.3 Å². The summed E-state index contributed by atoms with van der Waals surface area (Å²) in [6.45, 7) is 1.21. The minimum atomic E-state index is -3.06. The molecule has 1 aliphatic heterocycles. The quantitative estimate of drug-likeness (QED) is 0.846. The highest BCUT2D eigenvalue weighted by molar-refractivity contribution is 7.91. The van der Waals surface area contributed by atoms with Crippen LogP contribution in [0, 0.1) is 5.82 Å². The Bertz CT molecular complexity index is 779. The van der Waals surface area contributed by atoms with E-state index in [2.05, 4.69) is 9.97 Å². The van der Waals surface area contributed by atoms with Gasteiger partial charge in [0.1, 0.15) is 11.3 Å². The molecule has 3 heterocycles. The largest absolute Gasteiger partial charge is 0.368 e. The number of halogens is 1. The van der Waals surface area contributed by atoms with Crippen molar-refractivity contribution in [2.24, 2.45) is 0 Å². The molecular formula is C14H16FN3O2S. The molecule has 0 radical (unpaired) electrons. The van der Waals surface area contributed by atoms with E-state index in [0.717, 1.165) is 24.8 Å². The van der Waals surface area contributed by atoms with E-state index in [9.17, 15) is 12.8 Å². The molecular weight excluding hydrogens is 293 g/mol. The van der Waals surface area contributed by atoms with E-state index in [4.69, 9.17) is 0 Å². The Morgan fingerprint density at radius 2 is 2.19 bits per heavy atom. The van der Waals surface area contributed by atoms with Gasteiger partial charge in [0.2, 0.25) is 0 Å². The highest BCUT2D eigenvalue weighted by atomic mass is 32.2. The Labute approximate surface area is 122 Å². The van der Waals surface area contributed by atoms with Gasteiger partial charge in [-0.2, -0.15) is 0 Å². The molecule has 2 aromatic heterocycles. The molecule has 0 amide bonds. The highest BCUT2D eigenvalue weighted by Crippen LogP contribution is 2.28. The van der Waals surface area contributed by atoms with Gasteiger partial charge in [0.15, 0.2) is 9.84 Å². The van der Waals surface area contributed by atoms with Crippen LogP contribution in [0.1, 0.15) is 12.8 Å². The molecule has 112 valence electrons. The van der Waals surface area contributed by atoms with Crippen molar-refractivity contribution in [1.82, 2.24) is 9.97 Å². The molecule has 0 aromatic carbocycles. The van der Waals surface area contributed by atoms with Crippen molar-refractivity contribution in [3.63, 3.8) is 0 Å². The summed E-state index contributed by atoms with van der Waals surface area (Å²) in [4.78, 5) is 10.2. The van der Waals surface area contributed by atoms with Crippen LogP contribution in [0.5, 0.6) is 0 Å². The van der Waals surface area contributed by atoms with Crippen molar-refractivity contribution in [2.45, 2.75) is 18.1 Å². The number of fused-ring (bicyclic) bond motifs is 1. The Balaban J connectivity index is 2.00. The fourth-order valence-electron chi connectivity index (χ4n) is 2.75. The molecule has 21 heavy (non-hydrogen) atoms. The Kier molecular flexibility index (Phi) is 3.52. The van der Waals surface area contributed by atoms with E-state index < -0.39 is 15.7 Å². The topological polar surface area (TPSA) is 63.2 Å². The molecule has 5 nitrogen and oxygen atoms in total. The van der Waals surface area contributed by atoms with Crippen LogP contribution in [0.25, 0.3) is 11.0 Å². The summed E-state index contributed by atoms with van der Waals surface area (Å²) in [5, 5.41) is -0.366. The third-order valence-electron chi connectivity index (χ3n) is 3.85. The van der Waals surface area contributed by atoms with Gasteiger partial charge >= 0.3 is 0 Å². The summed E-state index contributed by atoms with van der Waals surface area (Å²) in [6.07, 6.45) is 5.52. The lowest BCUT2D eigenvalue weighted by Crippen LogP contribution is -2.42. The number of rotatable bonds is 2. The van der Waals surface area contributed by atoms with Gasteiger partial charge < -0.3 is 4.90 Å². The zero-order valence-electron chi connectivity index (χ0n) is 11.7. The minimum absolute atomic E-state index is 0.366. The average molecular weight is 309 g/mol. The molecule has 0 saturated carbocycles. The second-order valence-corrected chi connectivity index (χ2v) is 7.72. The molecule has 0 N–H and O–H groups in total. The number of hydrogen-bond donors (Lipinski definition) is 0. The SMILES string of the molecule is CS(=O)(=O)C1CCCN(c2ccnc3cc(F)cnc23)C1. The van der Waals surface area contributed by atoms with Gasteiger partial charge in [0.05, 0.1) is 22.7 Å². The Hall–Kier alpha value is -1.76. The van der Waals surface area contributed by atoms with Crippen LogP contribution in [0.3, 0.4) is 0 Å². The third-order valence-corrected chi connectivity index (χ3v) is 5.44. The van der Waals surface area contributed by atoms with E-state index in [-0.39, 0.29) is 5.25 Å². The van der Waals surface area contributed by atoms with Crippen LogP contribution in [-0.2, 0) is 9.84 Å². The van der Waals surface area contributed by atoms with Crippen molar-refractivity contribution in [3.8, 4) is 0 Å². The number of piperidine rings is 1. The fourth-order valence-corrected chi connectivity index (χ4v) is 3.80. The average Bonchev–Trinajstić information content (AvgIpc) is 2.45. The van der Waals surface area contributed by atoms with Gasteiger partial charge in [0.25, 0.3) is 0 Å². The smallest absolute Gasteiger partial charge is 0.152 e. The van der Waals surface area contributed by atoms with E-state index in [0.29, 0.717) is 24.0 Å². The predicted molar refractivity (Wildman–Crippen MR) is 79.6 cm³/mol. The van der Waals surface area contributed by atoms with Crippen LogP contribution in [0.2, 0.25) is 0 Å². The van der Waals surface area contributed by atoms with E-state index >= 15 is 0 Å². The molecule has 0 bridgehead atoms. The molecule has 1 aliphatic rings. The highest BCUT2D eigenvalue weighted by Gasteiger charge is 2.28. The molecule has 1 atom stereocenters. The maximum Gasteiger partial charge on any atom is 0.152 e. The first-order valence-corrected chi connectivity index (χ1v) is 8.75. The van der Waals surface area contributed by atoms with Gasteiger partial charge in [0, 0.05) is 31.6 Å². The fraction of sp³-hybridized carbons (Fsp3) is 0.429. The molecule has 0 aliphatic carbocycles. The van der Waals surface area contributed by atoms with Gasteiger partial charge in [-0.3, -0.25) is 4.98 Å². The predicted octanol–water partition coefficient (Wildman–Crippen LogP) is 1.78. The molecule has 1 saturated heterocycles. The molecule has 1 unspecified atom stereocenters. The molecule has 0 spiro atoms. The number of hydrogen-bond acceptors (Lipinski definition) is 5. The minimum Gasteiger partial charge on any atom is -0.368 e. The summed E-state index contributed by atoms with van der Waals surface area (Å²) >= 11 is 0. The Morgan fingerprint density at radius 1 is 1.38 bits per heavy atom. The second-order valence-electron chi connectivity index (χ2n) is 5.39. The van der Waals surface area contributed by atoms with Gasteiger partial charge in [-0.05, 0) is 18.9 Å².